The monoisotopic (exact) mass is 207 g/mol. The van der Waals surface area contributed by atoms with Crippen molar-refractivity contribution in [2.24, 2.45) is 23.7 Å². The van der Waals surface area contributed by atoms with Gasteiger partial charge in [0.15, 0.2) is 0 Å². The smallest absolute Gasteiger partial charge is 0.0936 e. The molecule has 84 valence electrons. The molecule has 0 N–H and O–H groups in total. The van der Waals surface area contributed by atoms with Crippen LogP contribution in [0.5, 0.6) is 0 Å². The van der Waals surface area contributed by atoms with Crippen LogP contribution in [0.15, 0.2) is 0 Å². The number of epoxide rings is 1. The van der Waals surface area contributed by atoms with Gasteiger partial charge in [-0.25, -0.2) is 0 Å². The van der Waals surface area contributed by atoms with Gasteiger partial charge in [0.05, 0.1) is 12.7 Å². The van der Waals surface area contributed by atoms with Gasteiger partial charge in [-0.3, -0.25) is 0 Å². The van der Waals surface area contributed by atoms with Gasteiger partial charge in [-0.1, -0.05) is 0 Å². The van der Waals surface area contributed by atoms with Gasteiger partial charge in [-0.15, -0.1) is 0 Å². The number of ether oxygens (including phenoxy) is 1. The van der Waals surface area contributed by atoms with Crippen molar-refractivity contribution in [3.63, 3.8) is 0 Å². The maximum atomic E-state index is 5.35. The number of fused-ring (bicyclic) bond motifs is 2. The van der Waals surface area contributed by atoms with Crippen molar-refractivity contribution in [3.8, 4) is 0 Å². The number of hydrogen-bond acceptors (Lipinski definition) is 2. The Morgan fingerprint density at radius 3 is 1.93 bits per heavy atom. The molecule has 5 rings (SSSR count). The second-order valence-corrected chi connectivity index (χ2v) is 6.18. The summed E-state index contributed by atoms with van der Waals surface area (Å²) in [5.74, 6) is 4.31. The summed E-state index contributed by atoms with van der Waals surface area (Å²) in [5, 5.41) is 0. The van der Waals surface area contributed by atoms with Crippen LogP contribution in [0.25, 0.3) is 0 Å². The molecular formula is C13H21NO. The third kappa shape index (κ3) is 1.45. The SMILES string of the molecule is C1CC2CCC1[C@H]1CN(C[C@@H]3CO3)C[C@@H]21. The Kier molecular flexibility index (Phi) is 1.92. The highest BCUT2D eigenvalue weighted by atomic mass is 16.6. The molecule has 0 aromatic carbocycles. The van der Waals surface area contributed by atoms with Gasteiger partial charge in [-0.05, 0) is 49.4 Å². The van der Waals surface area contributed by atoms with Gasteiger partial charge in [0.1, 0.15) is 0 Å². The number of rotatable bonds is 2. The van der Waals surface area contributed by atoms with Gasteiger partial charge in [0, 0.05) is 19.6 Å². The molecule has 2 nitrogen and oxygen atoms in total. The summed E-state index contributed by atoms with van der Waals surface area (Å²) in [6, 6.07) is 0. The van der Waals surface area contributed by atoms with E-state index in [1.54, 1.807) is 25.7 Å². The van der Waals surface area contributed by atoms with Crippen LogP contribution in [-0.2, 0) is 4.74 Å². The Hall–Kier alpha value is -0.0800. The summed E-state index contributed by atoms with van der Waals surface area (Å²) in [6.07, 6.45) is 6.76. The maximum absolute atomic E-state index is 5.35. The van der Waals surface area contributed by atoms with E-state index in [9.17, 15) is 0 Å². The van der Waals surface area contributed by atoms with Crippen LogP contribution in [-0.4, -0.2) is 37.2 Å². The molecule has 0 amide bonds. The lowest BCUT2D eigenvalue weighted by Crippen LogP contribution is -2.38. The Bertz CT molecular complexity index is 235. The van der Waals surface area contributed by atoms with Crippen LogP contribution < -0.4 is 0 Å². The fourth-order valence-corrected chi connectivity index (χ4v) is 4.55. The van der Waals surface area contributed by atoms with Crippen molar-refractivity contribution < 1.29 is 4.74 Å². The first-order chi connectivity index (χ1) is 7.40. The van der Waals surface area contributed by atoms with E-state index in [1.165, 1.54) is 19.6 Å². The van der Waals surface area contributed by atoms with Gasteiger partial charge < -0.3 is 9.64 Å². The zero-order valence-corrected chi connectivity index (χ0v) is 9.40. The van der Waals surface area contributed by atoms with Crippen LogP contribution in [0.1, 0.15) is 25.7 Å². The van der Waals surface area contributed by atoms with Gasteiger partial charge in [-0.2, -0.15) is 0 Å². The van der Waals surface area contributed by atoms with Crippen molar-refractivity contribution in [2.45, 2.75) is 31.8 Å². The molecule has 0 aromatic heterocycles. The minimum Gasteiger partial charge on any atom is -0.372 e. The molecule has 2 saturated heterocycles. The zero-order chi connectivity index (χ0) is 9.83. The number of likely N-dealkylation sites (tertiary alicyclic amines) is 1. The summed E-state index contributed by atoms with van der Waals surface area (Å²) in [6.45, 7) is 5.04. The number of hydrogen-bond donors (Lipinski definition) is 0. The molecule has 0 unspecified atom stereocenters. The molecule has 2 bridgehead atoms. The summed E-state index contributed by atoms with van der Waals surface area (Å²) in [4.78, 5) is 2.70. The minimum atomic E-state index is 0.600. The highest BCUT2D eigenvalue weighted by molar-refractivity contribution is 4.99. The van der Waals surface area contributed by atoms with Crippen molar-refractivity contribution in [3.05, 3.63) is 0 Å². The summed E-state index contributed by atoms with van der Waals surface area (Å²) >= 11 is 0. The minimum absolute atomic E-state index is 0.600. The molecule has 0 spiro atoms. The molecule has 3 saturated carbocycles. The topological polar surface area (TPSA) is 15.8 Å². The van der Waals surface area contributed by atoms with Crippen molar-refractivity contribution in [1.82, 2.24) is 4.90 Å². The third-order valence-corrected chi connectivity index (χ3v) is 5.38. The molecule has 0 aromatic rings. The Morgan fingerprint density at radius 2 is 1.47 bits per heavy atom. The van der Waals surface area contributed by atoms with Crippen molar-refractivity contribution in [1.29, 1.82) is 0 Å². The van der Waals surface area contributed by atoms with E-state index < -0.39 is 0 Å². The maximum Gasteiger partial charge on any atom is 0.0936 e. The van der Waals surface area contributed by atoms with E-state index in [-0.39, 0.29) is 0 Å². The van der Waals surface area contributed by atoms with Crippen LogP contribution in [0.4, 0.5) is 0 Å². The van der Waals surface area contributed by atoms with Crippen LogP contribution in [0, 0.1) is 23.7 Å². The average molecular weight is 207 g/mol. The first-order valence-electron chi connectivity index (χ1n) is 6.74. The van der Waals surface area contributed by atoms with E-state index in [0.717, 1.165) is 30.3 Å². The predicted molar refractivity (Wildman–Crippen MR) is 58.6 cm³/mol. The lowest BCUT2D eigenvalue weighted by Gasteiger charge is -2.45. The van der Waals surface area contributed by atoms with E-state index in [0.29, 0.717) is 6.10 Å². The highest BCUT2D eigenvalue weighted by Gasteiger charge is 2.48. The van der Waals surface area contributed by atoms with Crippen LogP contribution in [0.2, 0.25) is 0 Å². The number of nitrogens with zero attached hydrogens (tertiary/aromatic N) is 1. The van der Waals surface area contributed by atoms with Gasteiger partial charge in [0.2, 0.25) is 0 Å². The van der Waals surface area contributed by atoms with E-state index in [2.05, 4.69) is 4.90 Å². The standard InChI is InChI=1S/C13H21NO/c1-2-10-4-3-9(1)12-6-14(7-13(10)12)5-11-8-15-11/h9-13H,1-8H2/t9?,10?,11-,12-,13+/m1/s1. The van der Waals surface area contributed by atoms with Gasteiger partial charge in [0.25, 0.3) is 0 Å². The molecule has 15 heavy (non-hydrogen) atoms. The normalized spacial score (nSPS) is 53.2. The Balaban J connectivity index is 1.48. The third-order valence-electron chi connectivity index (χ3n) is 5.38. The molecule has 3 aliphatic carbocycles. The zero-order valence-electron chi connectivity index (χ0n) is 9.40. The van der Waals surface area contributed by atoms with Crippen molar-refractivity contribution in [2.75, 3.05) is 26.2 Å². The van der Waals surface area contributed by atoms with E-state index in [1.807, 2.05) is 0 Å². The van der Waals surface area contributed by atoms with Crippen molar-refractivity contribution >= 4 is 0 Å². The molecule has 2 aliphatic heterocycles. The average Bonchev–Trinajstić information content (AvgIpc) is 2.96. The molecule has 2 heterocycles. The molecule has 5 aliphatic rings. The lowest BCUT2D eigenvalue weighted by atomic mass is 9.60. The lowest BCUT2D eigenvalue weighted by molar-refractivity contribution is 0.0577. The largest absolute Gasteiger partial charge is 0.372 e. The van der Waals surface area contributed by atoms with E-state index >= 15 is 0 Å². The summed E-state index contributed by atoms with van der Waals surface area (Å²) in [5.41, 5.74) is 0. The highest BCUT2D eigenvalue weighted by Crippen LogP contribution is 2.51. The van der Waals surface area contributed by atoms with Crippen LogP contribution in [0.3, 0.4) is 0 Å². The van der Waals surface area contributed by atoms with Gasteiger partial charge >= 0.3 is 0 Å². The van der Waals surface area contributed by atoms with E-state index in [4.69, 9.17) is 4.74 Å². The fraction of sp³-hybridized carbons (Fsp3) is 1.00. The first kappa shape index (κ1) is 9.00. The first-order valence-corrected chi connectivity index (χ1v) is 6.74. The summed E-state index contributed by atoms with van der Waals surface area (Å²) < 4.78 is 5.35. The quantitative estimate of drug-likeness (QED) is 0.641. The second-order valence-electron chi connectivity index (χ2n) is 6.18. The molecule has 3 atom stereocenters. The Labute approximate surface area is 92.0 Å². The second kappa shape index (κ2) is 3.21. The molecule has 2 heteroatoms. The molecule has 5 fully saturated rings. The Morgan fingerprint density at radius 1 is 0.933 bits per heavy atom. The van der Waals surface area contributed by atoms with Crippen LogP contribution >= 0.6 is 0 Å². The predicted octanol–water partition coefficient (Wildman–Crippen LogP) is 1.75. The fourth-order valence-electron chi connectivity index (χ4n) is 4.55. The molecular weight excluding hydrogens is 186 g/mol. The molecule has 0 radical (unpaired) electrons. The summed E-state index contributed by atoms with van der Waals surface area (Å²) in [7, 11) is 0.